The molecule has 434 valence electrons. The summed E-state index contributed by atoms with van der Waals surface area (Å²) in [6.07, 6.45) is 3.30. The molecule has 0 radical (unpaired) electrons. The summed E-state index contributed by atoms with van der Waals surface area (Å²) in [5.74, 6) is -0.622. The predicted octanol–water partition coefficient (Wildman–Crippen LogP) is 6.11. The monoisotopic (exact) mass is 1100 g/mol. The van der Waals surface area contributed by atoms with Gasteiger partial charge in [-0.3, -0.25) is 19.7 Å². The summed E-state index contributed by atoms with van der Waals surface area (Å²) in [5, 5.41) is 25.5. The number of hydrogen-bond donors (Lipinski definition) is 5. The fourth-order valence-electron chi connectivity index (χ4n) is 8.09. The van der Waals surface area contributed by atoms with Crippen LogP contribution in [-0.4, -0.2) is 174 Å². The largest absolute Gasteiger partial charge is 0.497 e. The molecule has 4 aromatic carbocycles. The first-order valence-electron chi connectivity index (χ1n) is 27.1. The predicted molar refractivity (Wildman–Crippen MR) is 299 cm³/mol. The van der Waals surface area contributed by atoms with Gasteiger partial charge in [0.15, 0.2) is 0 Å². The third-order valence-corrected chi connectivity index (χ3v) is 12.1. The first-order chi connectivity index (χ1) is 38.8. The van der Waals surface area contributed by atoms with Crippen LogP contribution in [0.1, 0.15) is 61.3 Å². The highest BCUT2D eigenvalue weighted by atomic mass is 16.6. The number of nitrogens with one attached hydrogen (secondary N) is 4. The fourth-order valence-corrected chi connectivity index (χ4v) is 8.09. The number of anilines is 1. The number of carbonyl (C=O) groups excluding carboxylic acids is 3. The number of aliphatic hydroxyl groups excluding tert-OH is 1. The lowest BCUT2D eigenvalue weighted by molar-refractivity contribution is -0.133. The first kappa shape index (κ1) is 65.5. The van der Waals surface area contributed by atoms with E-state index in [1.54, 1.807) is 31.4 Å². The van der Waals surface area contributed by atoms with Gasteiger partial charge in [0, 0.05) is 17.1 Å². The second kappa shape index (κ2) is 41.9. The van der Waals surface area contributed by atoms with E-state index >= 15 is 0 Å². The van der Waals surface area contributed by atoms with Crippen LogP contribution in [0.2, 0.25) is 0 Å². The number of amides is 3. The zero-order valence-electron chi connectivity index (χ0n) is 46.0. The Morgan fingerprint density at radius 1 is 0.582 bits per heavy atom. The molecule has 0 heterocycles. The van der Waals surface area contributed by atoms with Gasteiger partial charge in [0.2, 0.25) is 17.7 Å². The van der Waals surface area contributed by atoms with E-state index < -0.39 is 35.9 Å². The van der Waals surface area contributed by atoms with Crippen molar-refractivity contribution in [2.75, 3.05) is 144 Å². The minimum atomic E-state index is -0.903. The Hall–Kier alpha value is -6.04. The van der Waals surface area contributed by atoms with Crippen LogP contribution in [0.5, 0.6) is 5.75 Å². The van der Waals surface area contributed by atoms with Gasteiger partial charge in [0.05, 0.1) is 131 Å². The van der Waals surface area contributed by atoms with Crippen LogP contribution in [0.3, 0.4) is 0 Å². The van der Waals surface area contributed by atoms with Crippen LogP contribution in [0.4, 0.5) is 5.69 Å². The summed E-state index contributed by atoms with van der Waals surface area (Å²) in [5.41, 5.74) is 12.2. The summed E-state index contributed by atoms with van der Waals surface area (Å²) in [6.45, 7) is 8.50. The molecule has 21 nitrogen and oxygen atoms in total. The Morgan fingerprint density at radius 3 is 1.57 bits per heavy atom. The SMILES string of the molecule is CCCC(COCCOCCOCCOCCOCCOCCOCCOCCNC(=O)COCC(=O)N[C@@H](CCCCNC(c1ccccc1)(c1ccccc1)c1ccc(OC)cc1)C(=O)Nc1ccc(CO)cc1)N=[N+]=[N-]. The van der Waals surface area contributed by atoms with E-state index in [1.807, 2.05) is 55.5 Å². The third-order valence-electron chi connectivity index (χ3n) is 12.1. The Morgan fingerprint density at radius 2 is 1.08 bits per heavy atom. The van der Waals surface area contributed by atoms with E-state index in [2.05, 4.69) is 67.7 Å². The van der Waals surface area contributed by atoms with Crippen molar-refractivity contribution in [1.82, 2.24) is 16.0 Å². The number of ether oxygens (including phenoxy) is 10. The Balaban J connectivity index is 1.03. The van der Waals surface area contributed by atoms with Gasteiger partial charge in [-0.1, -0.05) is 103 Å². The lowest BCUT2D eigenvalue weighted by atomic mass is 9.77. The number of azide groups is 1. The highest BCUT2D eigenvalue weighted by Gasteiger charge is 2.36. The number of hydrogen-bond acceptors (Lipinski definition) is 16. The maximum Gasteiger partial charge on any atom is 0.246 e. The summed E-state index contributed by atoms with van der Waals surface area (Å²) in [7, 11) is 1.64. The van der Waals surface area contributed by atoms with Crippen LogP contribution in [0.25, 0.3) is 10.4 Å². The topological polar surface area (TPSA) is 261 Å². The molecule has 2 atom stereocenters. The zero-order valence-corrected chi connectivity index (χ0v) is 46.0. The van der Waals surface area contributed by atoms with E-state index in [1.165, 1.54) is 0 Å². The molecular formula is C58H83N7O14. The van der Waals surface area contributed by atoms with Crippen LogP contribution < -0.4 is 26.0 Å². The normalized spacial score (nSPS) is 12.1. The van der Waals surface area contributed by atoms with Gasteiger partial charge in [0.1, 0.15) is 25.0 Å². The van der Waals surface area contributed by atoms with E-state index in [4.69, 9.17) is 52.9 Å². The lowest BCUT2D eigenvalue weighted by Gasteiger charge is -2.37. The van der Waals surface area contributed by atoms with Crippen LogP contribution in [0.15, 0.2) is 114 Å². The molecule has 0 aliphatic rings. The van der Waals surface area contributed by atoms with Crippen LogP contribution in [0, 0.1) is 0 Å². The number of aliphatic hydroxyl groups is 1. The molecule has 3 amide bonds. The molecule has 0 fully saturated rings. The average Bonchev–Trinajstić information content (AvgIpc) is 3.62. The zero-order chi connectivity index (χ0) is 56.3. The minimum Gasteiger partial charge on any atom is -0.497 e. The third kappa shape index (κ3) is 27.1. The maximum atomic E-state index is 13.7. The molecule has 0 spiro atoms. The lowest BCUT2D eigenvalue weighted by Crippen LogP contribution is -2.46. The molecule has 4 aromatic rings. The summed E-state index contributed by atoms with van der Waals surface area (Å²) < 4.78 is 55.0. The van der Waals surface area contributed by atoms with Gasteiger partial charge < -0.3 is 68.4 Å². The van der Waals surface area contributed by atoms with Crippen molar-refractivity contribution in [3.8, 4) is 5.75 Å². The highest BCUT2D eigenvalue weighted by molar-refractivity contribution is 5.97. The smallest absolute Gasteiger partial charge is 0.246 e. The first-order valence-corrected chi connectivity index (χ1v) is 27.1. The second-order valence-electron chi connectivity index (χ2n) is 17.9. The van der Waals surface area contributed by atoms with Crippen molar-refractivity contribution in [3.05, 3.63) is 142 Å². The highest BCUT2D eigenvalue weighted by Crippen LogP contribution is 2.37. The van der Waals surface area contributed by atoms with Gasteiger partial charge in [-0.05, 0) is 84.3 Å². The van der Waals surface area contributed by atoms with E-state index in [9.17, 15) is 19.5 Å². The molecular weight excluding hydrogens is 1020 g/mol. The molecule has 5 N–H and O–H groups in total. The molecule has 0 saturated carbocycles. The number of carbonyl (C=O) groups is 3. The van der Waals surface area contributed by atoms with E-state index in [-0.39, 0.29) is 32.4 Å². The molecule has 0 saturated heterocycles. The molecule has 4 rings (SSSR count). The number of rotatable bonds is 47. The molecule has 1 unspecified atom stereocenters. The summed E-state index contributed by atoms with van der Waals surface area (Å²) in [4.78, 5) is 42.1. The number of methoxy groups -OCH3 is 1. The van der Waals surface area contributed by atoms with Gasteiger partial charge in [-0.15, -0.1) is 0 Å². The molecule has 0 aliphatic heterocycles. The molecule has 21 heteroatoms. The van der Waals surface area contributed by atoms with Gasteiger partial charge in [-0.2, -0.15) is 0 Å². The standard InChI is InChI=1S/C58H83N7O14/c1-3-12-52(64-65-59)44-78-42-41-77-40-39-76-38-37-75-36-35-74-34-33-73-32-31-72-30-29-71-28-27-60-55(67)45-79-46-56(68)63-54(57(69)62-51-22-18-47(43-66)19-23-51)17-10-11-26-61-58(48-13-6-4-7-14-48,49-15-8-5-9-16-49)50-20-24-53(70-2)25-21-50/h4-9,13-16,18-25,52,54,61,66H,3,10-12,17,26-46H2,1-2H3,(H,60,67)(H,62,69)(H,63,68)/t52?,54-/m0/s1. The average molecular weight is 1100 g/mol. The van der Waals surface area contributed by atoms with Crippen molar-refractivity contribution in [3.63, 3.8) is 0 Å². The van der Waals surface area contributed by atoms with Crippen LogP contribution in [-0.2, 0) is 69.2 Å². The fraction of sp³-hybridized carbons (Fsp3) is 0.534. The van der Waals surface area contributed by atoms with E-state index in [0.717, 1.165) is 35.3 Å². The number of nitrogens with zero attached hydrogens (tertiary/aromatic N) is 3. The Kier molecular flexibility index (Phi) is 34.8. The Labute approximate surface area is 465 Å². The van der Waals surface area contributed by atoms with Gasteiger partial charge >= 0.3 is 0 Å². The van der Waals surface area contributed by atoms with Crippen molar-refractivity contribution < 1.29 is 66.9 Å². The van der Waals surface area contributed by atoms with Gasteiger partial charge in [-0.25, -0.2) is 0 Å². The quantitative estimate of drug-likeness (QED) is 0.0110. The van der Waals surface area contributed by atoms with Crippen molar-refractivity contribution in [1.29, 1.82) is 0 Å². The molecule has 0 aromatic heterocycles. The van der Waals surface area contributed by atoms with E-state index in [0.29, 0.717) is 136 Å². The molecule has 0 bridgehead atoms. The van der Waals surface area contributed by atoms with Crippen molar-refractivity contribution in [2.24, 2.45) is 5.11 Å². The van der Waals surface area contributed by atoms with Crippen molar-refractivity contribution >= 4 is 23.4 Å². The van der Waals surface area contributed by atoms with Crippen LogP contribution >= 0.6 is 0 Å². The number of benzene rings is 4. The molecule has 79 heavy (non-hydrogen) atoms. The van der Waals surface area contributed by atoms with Crippen molar-refractivity contribution in [2.45, 2.75) is 63.3 Å². The maximum absolute atomic E-state index is 13.7. The second-order valence-corrected chi connectivity index (χ2v) is 17.9. The summed E-state index contributed by atoms with van der Waals surface area (Å²) >= 11 is 0. The minimum absolute atomic E-state index is 0.132. The summed E-state index contributed by atoms with van der Waals surface area (Å²) in [6, 6.07) is 34.3. The Bertz CT molecular complexity index is 2220. The van der Waals surface area contributed by atoms with Gasteiger partial charge in [0.25, 0.3) is 0 Å². The molecule has 0 aliphatic carbocycles. The number of unbranched alkanes of at least 4 members (excludes halogenated alkanes) is 1.